The number of methoxy groups -OCH3 is 1. The smallest absolute Gasteiger partial charge is 0.240 e. The molecule has 25 heavy (non-hydrogen) atoms. The number of aromatic nitrogens is 1. The number of pyridine rings is 1. The van der Waals surface area contributed by atoms with Gasteiger partial charge in [0.15, 0.2) is 0 Å². The zero-order chi connectivity index (χ0) is 18.2. The summed E-state index contributed by atoms with van der Waals surface area (Å²) in [5, 5.41) is 9.08. The molecule has 7 heteroatoms. The number of carbonyl (C=O) groups is 2. The van der Waals surface area contributed by atoms with Gasteiger partial charge in [-0.2, -0.15) is 5.26 Å². The molecule has 2 rings (SSSR count). The van der Waals surface area contributed by atoms with E-state index in [2.05, 4.69) is 4.98 Å². The average Bonchev–Trinajstić information content (AvgIpc) is 2.64. The van der Waals surface area contributed by atoms with Crippen LogP contribution in [-0.2, 0) is 9.59 Å². The summed E-state index contributed by atoms with van der Waals surface area (Å²) in [5.74, 6) is -1.26. The molecule has 1 heterocycles. The molecule has 1 saturated carbocycles. The van der Waals surface area contributed by atoms with Crippen molar-refractivity contribution in [2.75, 3.05) is 18.6 Å². The maximum atomic E-state index is 12.9. The molecule has 0 spiro atoms. The van der Waals surface area contributed by atoms with E-state index in [-0.39, 0.29) is 6.54 Å². The summed E-state index contributed by atoms with van der Waals surface area (Å²) in [5.41, 5.74) is 5.95. The third-order valence-electron chi connectivity index (χ3n) is 4.67. The van der Waals surface area contributed by atoms with Crippen LogP contribution in [0.1, 0.15) is 38.5 Å². The molecular weight excluding hydrogens is 320 g/mol. The van der Waals surface area contributed by atoms with Gasteiger partial charge in [-0.15, -0.1) is 0 Å². The SMILES string of the molecule is COc1ccc(N(CC#N)C(=O)C(CC2CCCCC2)C(N)=O)cn1. The number of ether oxygens (including phenoxy) is 1. The Labute approximate surface area is 147 Å². The van der Waals surface area contributed by atoms with E-state index in [0.717, 1.165) is 25.7 Å². The zero-order valence-corrected chi connectivity index (χ0v) is 14.5. The van der Waals surface area contributed by atoms with Crippen LogP contribution < -0.4 is 15.4 Å². The fourth-order valence-electron chi connectivity index (χ4n) is 3.30. The highest BCUT2D eigenvalue weighted by atomic mass is 16.5. The van der Waals surface area contributed by atoms with E-state index >= 15 is 0 Å². The van der Waals surface area contributed by atoms with E-state index in [4.69, 9.17) is 15.7 Å². The molecule has 0 aliphatic heterocycles. The molecule has 1 atom stereocenters. The molecular formula is C18H24N4O3. The summed E-state index contributed by atoms with van der Waals surface area (Å²) in [6.07, 6.45) is 7.36. The summed E-state index contributed by atoms with van der Waals surface area (Å²) in [6, 6.07) is 5.21. The van der Waals surface area contributed by atoms with Crippen LogP contribution in [0.2, 0.25) is 0 Å². The summed E-state index contributed by atoms with van der Waals surface area (Å²) < 4.78 is 5.00. The number of nitriles is 1. The Bertz CT molecular complexity index is 633. The average molecular weight is 344 g/mol. The van der Waals surface area contributed by atoms with Crippen molar-refractivity contribution in [1.29, 1.82) is 5.26 Å². The lowest BCUT2D eigenvalue weighted by Gasteiger charge is -2.28. The van der Waals surface area contributed by atoms with E-state index in [0.29, 0.717) is 23.9 Å². The maximum Gasteiger partial charge on any atom is 0.240 e. The summed E-state index contributed by atoms with van der Waals surface area (Å²) in [7, 11) is 1.49. The summed E-state index contributed by atoms with van der Waals surface area (Å²) in [4.78, 5) is 30.2. The normalized spacial score (nSPS) is 15.8. The van der Waals surface area contributed by atoms with Crippen molar-refractivity contribution < 1.29 is 14.3 Å². The molecule has 1 unspecified atom stereocenters. The van der Waals surface area contributed by atoms with Gasteiger partial charge in [-0.05, 0) is 18.4 Å². The standard InChI is InChI=1S/C18H24N4O3/c1-25-16-8-7-14(12-21-16)22(10-9-19)18(24)15(17(20)23)11-13-5-3-2-4-6-13/h7-8,12-13,15H,2-6,10-11H2,1H3,(H2,20,23). The third-order valence-corrected chi connectivity index (χ3v) is 4.67. The molecule has 0 aromatic carbocycles. The molecule has 7 nitrogen and oxygen atoms in total. The second kappa shape index (κ2) is 9.02. The van der Waals surface area contributed by atoms with Crippen LogP contribution in [-0.4, -0.2) is 30.5 Å². The van der Waals surface area contributed by atoms with E-state index in [1.165, 1.54) is 24.6 Å². The molecule has 1 aliphatic carbocycles. The molecule has 0 saturated heterocycles. The Morgan fingerprint density at radius 2 is 2.12 bits per heavy atom. The molecule has 1 aromatic heterocycles. The minimum Gasteiger partial charge on any atom is -0.481 e. The second-order valence-electron chi connectivity index (χ2n) is 6.34. The minimum atomic E-state index is -0.918. The topological polar surface area (TPSA) is 109 Å². The van der Waals surface area contributed by atoms with Crippen molar-refractivity contribution in [1.82, 2.24) is 4.98 Å². The maximum absolute atomic E-state index is 12.9. The largest absolute Gasteiger partial charge is 0.481 e. The Kier molecular flexibility index (Phi) is 6.75. The lowest BCUT2D eigenvalue weighted by molar-refractivity contribution is -0.132. The molecule has 1 fully saturated rings. The predicted octanol–water partition coefficient (Wildman–Crippen LogP) is 2.02. The van der Waals surface area contributed by atoms with E-state index < -0.39 is 17.7 Å². The van der Waals surface area contributed by atoms with Gasteiger partial charge >= 0.3 is 0 Å². The number of carbonyl (C=O) groups excluding carboxylic acids is 2. The number of hydrogen-bond acceptors (Lipinski definition) is 5. The number of amides is 2. The van der Waals surface area contributed by atoms with E-state index in [1.54, 1.807) is 12.1 Å². The molecule has 134 valence electrons. The number of nitrogens with zero attached hydrogens (tertiary/aromatic N) is 3. The lowest BCUT2D eigenvalue weighted by atomic mass is 9.82. The zero-order valence-electron chi connectivity index (χ0n) is 14.5. The van der Waals surface area contributed by atoms with Gasteiger partial charge in [0.25, 0.3) is 0 Å². The molecule has 2 amide bonds. The van der Waals surface area contributed by atoms with Gasteiger partial charge < -0.3 is 10.5 Å². The molecule has 1 aliphatic rings. The Morgan fingerprint density at radius 3 is 2.64 bits per heavy atom. The van der Waals surface area contributed by atoms with Gasteiger partial charge in [0.05, 0.1) is 25.1 Å². The third kappa shape index (κ3) is 4.92. The number of nitrogens with two attached hydrogens (primary N) is 1. The van der Waals surface area contributed by atoms with Crippen LogP contribution in [0.4, 0.5) is 5.69 Å². The van der Waals surface area contributed by atoms with Crippen LogP contribution in [0.3, 0.4) is 0 Å². The number of hydrogen-bond donors (Lipinski definition) is 1. The number of anilines is 1. The van der Waals surface area contributed by atoms with Gasteiger partial charge in [-0.3, -0.25) is 14.5 Å². The van der Waals surface area contributed by atoms with Crippen LogP contribution >= 0.6 is 0 Å². The number of primary amides is 1. The molecule has 1 aromatic rings. The highest BCUT2D eigenvalue weighted by Crippen LogP contribution is 2.30. The predicted molar refractivity (Wildman–Crippen MR) is 92.6 cm³/mol. The van der Waals surface area contributed by atoms with Crippen molar-refractivity contribution in [2.45, 2.75) is 38.5 Å². The van der Waals surface area contributed by atoms with Crippen molar-refractivity contribution in [3.05, 3.63) is 18.3 Å². The van der Waals surface area contributed by atoms with E-state index in [1.807, 2.05) is 6.07 Å². The van der Waals surface area contributed by atoms with Gasteiger partial charge in [0.2, 0.25) is 17.7 Å². The van der Waals surface area contributed by atoms with E-state index in [9.17, 15) is 9.59 Å². The fourth-order valence-corrected chi connectivity index (χ4v) is 3.30. The first-order chi connectivity index (χ1) is 12.1. The van der Waals surface area contributed by atoms with Crippen molar-refractivity contribution >= 4 is 17.5 Å². The fraction of sp³-hybridized carbons (Fsp3) is 0.556. The van der Waals surface area contributed by atoms with Crippen LogP contribution in [0.5, 0.6) is 5.88 Å². The first kappa shape index (κ1) is 18.7. The Hall–Kier alpha value is -2.62. The molecule has 0 bridgehead atoms. The van der Waals surface area contributed by atoms with Gasteiger partial charge in [-0.1, -0.05) is 32.1 Å². The van der Waals surface area contributed by atoms with Crippen molar-refractivity contribution in [3.8, 4) is 11.9 Å². The minimum absolute atomic E-state index is 0.165. The van der Waals surface area contributed by atoms with Crippen molar-refractivity contribution in [3.63, 3.8) is 0 Å². The first-order valence-electron chi connectivity index (χ1n) is 8.54. The molecule has 2 N–H and O–H groups in total. The monoisotopic (exact) mass is 344 g/mol. The second-order valence-corrected chi connectivity index (χ2v) is 6.34. The van der Waals surface area contributed by atoms with Crippen LogP contribution in [0, 0.1) is 23.2 Å². The van der Waals surface area contributed by atoms with Crippen LogP contribution in [0.15, 0.2) is 18.3 Å². The quantitative estimate of drug-likeness (QED) is 0.601. The van der Waals surface area contributed by atoms with Gasteiger partial charge in [0.1, 0.15) is 12.5 Å². The lowest BCUT2D eigenvalue weighted by Crippen LogP contribution is -2.43. The Balaban J connectivity index is 2.19. The first-order valence-corrected chi connectivity index (χ1v) is 8.54. The summed E-state index contributed by atoms with van der Waals surface area (Å²) >= 11 is 0. The highest BCUT2D eigenvalue weighted by Gasteiger charge is 2.32. The molecule has 0 radical (unpaired) electrons. The number of rotatable bonds is 7. The van der Waals surface area contributed by atoms with Gasteiger partial charge in [0, 0.05) is 6.07 Å². The van der Waals surface area contributed by atoms with Crippen LogP contribution in [0.25, 0.3) is 0 Å². The van der Waals surface area contributed by atoms with Crippen molar-refractivity contribution in [2.24, 2.45) is 17.6 Å². The highest BCUT2D eigenvalue weighted by molar-refractivity contribution is 6.07. The van der Waals surface area contributed by atoms with Gasteiger partial charge in [-0.25, -0.2) is 4.98 Å². The summed E-state index contributed by atoms with van der Waals surface area (Å²) in [6.45, 7) is -0.165. The Morgan fingerprint density at radius 1 is 1.40 bits per heavy atom.